The second-order valence-electron chi connectivity index (χ2n) is 8.48. The Morgan fingerprint density at radius 1 is 1.00 bits per heavy atom. The van der Waals surface area contributed by atoms with Crippen molar-refractivity contribution in [1.29, 1.82) is 0 Å². The number of piperidine rings is 1. The van der Waals surface area contributed by atoms with Crippen LogP contribution in [0.2, 0.25) is 0 Å². The molecule has 2 fully saturated rings. The summed E-state index contributed by atoms with van der Waals surface area (Å²) in [4.78, 5) is 17.0. The zero-order chi connectivity index (χ0) is 24.3. The number of benzene rings is 2. The van der Waals surface area contributed by atoms with Crippen LogP contribution in [-0.2, 0) is 14.8 Å². The van der Waals surface area contributed by atoms with Gasteiger partial charge in [0.1, 0.15) is 22.2 Å². The first-order chi connectivity index (χ1) is 16.3. The van der Waals surface area contributed by atoms with Crippen molar-refractivity contribution in [3.05, 3.63) is 48.3 Å². The van der Waals surface area contributed by atoms with Crippen molar-refractivity contribution in [1.82, 2.24) is 9.21 Å². The summed E-state index contributed by atoms with van der Waals surface area (Å²) in [5.41, 5.74) is 0.539. The number of sulfonamides is 1. The largest absolute Gasteiger partial charge is 0.497 e. The van der Waals surface area contributed by atoms with Crippen molar-refractivity contribution in [2.45, 2.75) is 17.7 Å². The minimum absolute atomic E-state index is 0.0287. The number of nitrogens with zero attached hydrogens (tertiary/aromatic N) is 3. The van der Waals surface area contributed by atoms with Gasteiger partial charge in [0.15, 0.2) is 0 Å². The maximum Gasteiger partial charge on any atom is 0.246 e. The van der Waals surface area contributed by atoms with E-state index in [1.807, 2.05) is 4.90 Å². The Bertz CT molecular complexity index is 1140. The molecule has 0 radical (unpaired) electrons. The standard InChI is InChI=1S/C24H30FN3O5S/c1-32-19-9-10-22(33-2)23(16-19)34(30,31)28-11-5-6-18(17-28)24(29)27-14-12-26(13-15-27)21-8-4-3-7-20(21)25/h3-4,7-10,16,18H,5-6,11-15,17H2,1-2H3/t18-/m1/s1. The normalized spacial score (nSPS) is 19.7. The first kappa shape index (κ1) is 24.3. The minimum Gasteiger partial charge on any atom is -0.497 e. The highest BCUT2D eigenvalue weighted by molar-refractivity contribution is 7.89. The van der Waals surface area contributed by atoms with E-state index in [0.29, 0.717) is 57.0 Å². The predicted molar refractivity (Wildman–Crippen MR) is 126 cm³/mol. The number of para-hydroxylation sites is 1. The van der Waals surface area contributed by atoms with Gasteiger partial charge in [-0.25, -0.2) is 12.8 Å². The fourth-order valence-corrected chi connectivity index (χ4v) is 6.32. The average molecular weight is 492 g/mol. The van der Waals surface area contributed by atoms with Crippen LogP contribution >= 0.6 is 0 Å². The van der Waals surface area contributed by atoms with Crippen LogP contribution in [0.3, 0.4) is 0 Å². The molecule has 2 aliphatic rings. The van der Waals surface area contributed by atoms with Gasteiger partial charge in [0.2, 0.25) is 15.9 Å². The summed E-state index contributed by atoms with van der Waals surface area (Å²) in [6.07, 6.45) is 1.23. The van der Waals surface area contributed by atoms with Crippen LogP contribution in [0, 0.1) is 11.7 Å². The lowest BCUT2D eigenvalue weighted by Gasteiger charge is -2.39. The van der Waals surface area contributed by atoms with Gasteiger partial charge >= 0.3 is 0 Å². The van der Waals surface area contributed by atoms with Crippen LogP contribution in [0.5, 0.6) is 11.5 Å². The van der Waals surface area contributed by atoms with Gasteiger partial charge in [0.25, 0.3) is 0 Å². The van der Waals surface area contributed by atoms with Gasteiger partial charge in [-0.05, 0) is 37.1 Å². The number of ether oxygens (including phenoxy) is 2. The molecule has 0 aromatic heterocycles. The second-order valence-corrected chi connectivity index (χ2v) is 10.4. The quantitative estimate of drug-likeness (QED) is 0.618. The van der Waals surface area contributed by atoms with Crippen LogP contribution in [0.4, 0.5) is 10.1 Å². The maximum absolute atomic E-state index is 14.1. The Morgan fingerprint density at radius 3 is 2.41 bits per heavy atom. The van der Waals surface area contributed by atoms with Crippen molar-refractivity contribution >= 4 is 21.6 Å². The summed E-state index contributed by atoms with van der Waals surface area (Å²) >= 11 is 0. The van der Waals surface area contributed by atoms with Crippen LogP contribution in [0.1, 0.15) is 12.8 Å². The number of amides is 1. The lowest BCUT2D eigenvalue weighted by molar-refractivity contribution is -0.137. The Hall–Kier alpha value is -2.85. The number of hydrogen-bond donors (Lipinski definition) is 0. The lowest BCUT2D eigenvalue weighted by atomic mass is 9.97. The van der Waals surface area contributed by atoms with Gasteiger partial charge in [0.05, 0.1) is 25.8 Å². The monoisotopic (exact) mass is 491 g/mol. The molecule has 1 amide bonds. The summed E-state index contributed by atoms with van der Waals surface area (Å²) in [6.45, 7) is 2.47. The number of halogens is 1. The van der Waals surface area contributed by atoms with Crippen molar-refractivity contribution in [2.75, 3.05) is 58.4 Å². The summed E-state index contributed by atoms with van der Waals surface area (Å²) in [7, 11) is -0.984. The molecule has 34 heavy (non-hydrogen) atoms. The summed E-state index contributed by atoms with van der Waals surface area (Å²) in [6, 6.07) is 11.3. The van der Waals surface area contributed by atoms with E-state index in [2.05, 4.69) is 0 Å². The van der Waals surface area contributed by atoms with E-state index in [-0.39, 0.29) is 28.9 Å². The van der Waals surface area contributed by atoms with Gasteiger partial charge in [-0.2, -0.15) is 4.31 Å². The minimum atomic E-state index is -3.88. The highest BCUT2D eigenvalue weighted by Gasteiger charge is 2.37. The molecule has 4 rings (SSSR count). The first-order valence-corrected chi connectivity index (χ1v) is 12.8. The molecule has 0 spiro atoms. The molecular weight excluding hydrogens is 461 g/mol. The van der Waals surface area contributed by atoms with Gasteiger partial charge in [-0.1, -0.05) is 12.1 Å². The van der Waals surface area contributed by atoms with Crippen LogP contribution < -0.4 is 14.4 Å². The molecule has 0 unspecified atom stereocenters. The predicted octanol–water partition coefficient (Wildman–Crippen LogP) is 2.59. The van der Waals surface area contributed by atoms with Gasteiger partial charge in [0, 0.05) is 45.3 Å². The molecular formula is C24H30FN3O5S. The smallest absolute Gasteiger partial charge is 0.246 e. The molecule has 184 valence electrons. The molecule has 10 heteroatoms. The molecule has 2 aliphatic heterocycles. The average Bonchev–Trinajstić information content (AvgIpc) is 2.88. The third-order valence-corrected chi connectivity index (χ3v) is 8.39. The third-order valence-electron chi connectivity index (χ3n) is 6.51. The van der Waals surface area contributed by atoms with Gasteiger partial charge in [-0.15, -0.1) is 0 Å². The molecule has 2 heterocycles. The van der Waals surface area contributed by atoms with Crippen LogP contribution in [0.25, 0.3) is 0 Å². The van der Waals surface area contributed by atoms with Gasteiger partial charge < -0.3 is 19.3 Å². The number of piperazine rings is 1. The molecule has 1 atom stereocenters. The fourth-order valence-electron chi connectivity index (χ4n) is 4.62. The molecule has 0 saturated carbocycles. The van der Waals surface area contributed by atoms with E-state index in [9.17, 15) is 17.6 Å². The fraction of sp³-hybridized carbons (Fsp3) is 0.458. The van der Waals surface area contributed by atoms with Gasteiger partial charge in [-0.3, -0.25) is 4.79 Å². The third kappa shape index (κ3) is 4.83. The second kappa shape index (κ2) is 10.2. The SMILES string of the molecule is COc1ccc(OC)c(S(=O)(=O)N2CCC[C@@H](C(=O)N3CCN(c4ccccc4F)CC3)C2)c1. The molecule has 0 aliphatic carbocycles. The lowest BCUT2D eigenvalue weighted by Crippen LogP contribution is -2.53. The Morgan fingerprint density at radius 2 is 1.74 bits per heavy atom. The molecule has 0 bridgehead atoms. The number of anilines is 1. The topological polar surface area (TPSA) is 79.4 Å². The number of rotatable bonds is 6. The molecule has 2 aromatic rings. The molecule has 0 N–H and O–H groups in total. The molecule has 2 saturated heterocycles. The van der Waals surface area contributed by atoms with E-state index in [4.69, 9.17) is 9.47 Å². The van der Waals surface area contributed by atoms with Crippen LogP contribution in [-0.4, -0.2) is 77.0 Å². The highest BCUT2D eigenvalue weighted by Crippen LogP contribution is 2.33. The van der Waals surface area contributed by atoms with E-state index >= 15 is 0 Å². The summed E-state index contributed by atoms with van der Waals surface area (Å²) in [5, 5.41) is 0. The van der Waals surface area contributed by atoms with Crippen molar-refractivity contribution < 1.29 is 27.1 Å². The van der Waals surface area contributed by atoms with Crippen molar-refractivity contribution in [3.8, 4) is 11.5 Å². The Labute approximate surface area is 199 Å². The Kier molecular flexibility index (Phi) is 7.27. The van der Waals surface area contributed by atoms with Crippen LogP contribution in [0.15, 0.2) is 47.4 Å². The first-order valence-electron chi connectivity index (χ1n) is 11.4. The Balaban J connectivity index is 1.44. The van der Waals surface area contributed by atoms with Crippen molar-refractivity contribution in [2.24, 2.45) is 5.92 Å². The van der Waals surface area contributed by atoms with E-state index in [1.54, 1.807) is 35.2 Å². The maximum atomic E-state index is 14.1. The number of carbonyl (C=O) groups is 1. The molecule has 2 aromatic carbocycles. The number of carbonyl (C=O) groups excluding carboxylic acids is 1. The van der Waals surface area contributed by atoms with E-state index < -0.39 is 15.9 Å². The summed E-state index contributed by atoms with van der Waals surface area (Å²) < 4.78 is 52.8. The number of hydrogen-bond acceptors (Lipinski definition) is 6. The van der Waals surface area contributed by atoms with E-state index in [1.165, 1.54) is 30.7 Å². The van der Waals surface area contributed by atoms with Crippen molar-refractivity contribution in [3.63, 3.8) is 0 Å². The highest BCUT2D eigenvalue weighted by atomic mass is 32.2. The molecule has 8 nitrogen and oxygen atoms in total. The number of methoxy groups -OCH3 is 2. The zero-order valence-corrected chi connectivity index (χ0v) is 20.3. The summed E-state index contributed by atoms with van der Waals surface area (Å²) in [5.74, 6) is -0.0931. The van der Waals surface area contributed by atoms with E-state index in [0.717, 1.165) is 0 Å². The zero-order valence-electron chi connectivity index (χ0n) is 19.4.